The van der Waals surface area contributed by atoms with E-state index in [0.29, 0.717) is 75.8 Å². The number of nitrogens with two attached hydrogens (primary N) is 1. The van der Waals surface area contributed by atoms with Gasteiger partial charge in [0.25, 0.3) is 5.91 Å². The van der Waals surface area contributed by atoms with Crippen molar-refractivity contribution >= 4 is 11.8 Å². The van der Waals surface area contributed by atoms with Crippen molar-refractivity contribution < 1.29 is 23.8 Å². The number of ether oxygens (including phenoxy) is 3. The lowest BCUT2D eigenvalue weighted by atomic mass is 9.78. The van der Waals surface area contributed by atoms with Gasteiger partial charge in [-0.3, -0.25) is 9.59 Å². The minimum absolute atomic E-state index is 0.0912. The van der Waals surface area contributed by atoms with Gasteiger partial charge in [-0.15, -0.1) is 0 Å². The molecule has 2 fully saturated rings. The standard InChI is InChI=1S/C20H29N3O5/c1-26-16-11-15(12-17(13-16)27-2)18(24)22-5-7-23(8-6-22)19(25)20(14-21)3-9-28-10-4-20/h11-13H,3-10,14,21H2,1-2H3. The van der Waals surface area contributed by atoms with E-state index >= 15 is 0 Å². The van der Waals surface area contributed by atoms with Crippen LogP contribution in [0.4, 0.5) is 0 Å². The number of carbonyl (C=O) groups is 2. The van der Waals surface area contributed by atoms with Crippen LogP contribution < -0.4 is 15.2 Å². The fraction of sp³-hybridized carbons (Fsp3) is 0.600. The highest BCUT2D eigenvalue weighted by atomic mass is 16.5. The van der Waals surface area contributed by atoms with Crippen molar-refractivity contribution in [2.24, 2.45) is 11.1 Å². The Morgan fingerprint density at radius 2 is 1.54 bits per heavy atom. The van der Waals surface area contributed by atoms with Gasteiger partial charge in [-0.25, -0.2) is 0 Å². The van der Waals surface area contributed by atoms with Crippen LogP contribution in [0.3, 0.4) is 0 Å². The van der Waals surface area contributed by atoms with Crippen molar-refractivity contribution in [3.8, 4) is 11.5 Å². The third-order valence-corrected chi connectivity index (χ3v) is 5.75. The summed E-state index contributed by atoms with van der Waals surface area (Å²) in [5.41, 5.74) is 5.95. The largest absolute Gasteiger partial charge is 0.497 e. The monoisotopic (exact) mass is 391 g/mol. The van der Waals surface area contributed by atoms with Gasteiger partial charge in [-0.1, -0.05) is 0 Å². The predicted molar refractivity (Wildman–Crippen MR) is 104 cm³/mol. The molecular formula is C20H29N3O5. The average Bonchev–Trinajstić information content (AvgIpc) is 2.78. The summed E-state index contributed by atoms with van der Waals surface area (Å²) in [4.78, 5) is 29.6. The second-order valence-corrected chi connectivity index (χ2v) is 7.28. The molecule has 2 aliphatic rings. The van der Waals surface area contributed by atoms with Crippen molar-refractivity contribution in [3.63, 3.8) is 0 Å². The number of hydrogen-bond donors (Lipinski definition) is 1. The molecule has 2 heterocycles. The van der Waals surface area contributed by atoms with Gasteiger partial charge in [-0.2, -0.15) is 0 Å². The third-order valence-electron chi connectivity index (χ3n) is 5.75. The van der Waals surface area contributed by atoms with Crippen LogP contribution in [-0.4, -0.2) is 81.8 Å². The van der Waals surface area contributed by atoms with E-state index in [1.54, 1.807) is 37.3 Å². The number of rotatable bonds is 5. The first-order valence-corrected chi connectivity index (χ1v) is 9.62. The maximum Gasteiger partial charge on any atom is 0.254 e. The Hall–Kier alpha value is -2.32. The lowest BCUT2D eigenvalue weighted by Gasteiger charge is -2.42. The molecule has 0 unspecified atom stereocenters. The molecule has 3 rings (SSSR count). The Kier molecular flexibility index (Phi) is 6.41. The van der Waals surface area contributed by atoms with Crippen LogP contribution in [-0.2, 0) is 9.53 Å². The molecule has 0 spiro atoms. The van der Waals surface area contributed by atoms with Gasteiger partial charge >= 0.3 is 0 Å². The molecule has 0 atom stereocenters. The Morgan fingerprint density at radius 1 is 1.00 bits per heavy atom. The fourth-order valence-electron chi connectivity index (χ4n) is 3.83. The summed E-state index contributed by atoms with van der Waals surface area (Å²) >= 11 is 0. The Balaban J connectivity index is 1.65. The first kappa shape index (κ1) is 20.4. The van der Waals surface area contributed by atoms with Crippen LogP contribution in [0.15, 0.2) is 18.2 Å². The minimum atomic E-state index is -0.523. The molecule has 2 saturated heterocycles. The Labute approximate surface area is 165 Å². The van der Waals surface area contributed by atoms with E-state index in [9.17, 15) is 9.59 Å². The second kappa shape index (κ2) is 8.79. The molecule has 1 aromatic rings. The first-order chi connectivity index (χ1) is 13.5. The van der Waals surface area contributed by atoms with Crippen molar-refractivity contribution in [2.75, 3.05) is 60.2 Å². The van der Waals surface area contributed by atoms with Crippen LogP contribution in [0.2, 0.25) is 0 Å². The molecule has 0 aliphatic carbocycles. The molecule has 0 bridgehead atoms. The van der Waals surface area contributed by atoms with Crippen molar-refractivity contribution in [2.45, 2.75) is 12.8 Å². The summed E-state index contributed by atoms with van der Waals surface area (Å²) in [6.45, 7) is 3.46. The number of nitrogens with zero attached hydrogens (tertiary/aromatic N) is 2. The van der Waals surface area contributed by atoms with Crippen LogP contribution in [0.1, 0.15) is 23.2 Å². The highest BCUT2D eigenvalue weighted by Crippen LogP contribution is 2.32. The van der Waals surface area contributed by atoms with Crippen LogP contribution in [0, 0.1) is 5.41 Å². The maximum absolute atomic E-state index is 13.1. The van der Waals surface area contributed by atoms with Gasteiger partial charge in [0.15, 0.2) is 0 Å². The topological polar surface area (TPSA) is 94.3 Å². The van der Waals surface area contributed by atoms with E-state index in [1.807, 2.05) is 4.90 Å². The lowest BCUT2D eigenvalue weighted by Crippen LogP contribution is -2.57. The highest BCUT2D eigenvalue weighted by molar-refractivity contribution is 5.95. The third kappa shape index (κ3) is 4.07. The Morgan fingerprint density at radius 3 is 2.04 bits per heavy atom. The summed E-state index contributed by atoms with van der Waals surface area (Å²) < 4.78 is 15.9. The number of carbonyl (C=O) groups excluding carboxylic acids is 2. The number of amides is 2. The normalized spacial score (nSPS) is 19.2. The van der Waals surface area contributed by atoms with E-state index in [-0.39, 0.29) is 11.8 Å². The molecule has 0 aromatic heterocycles. The van der Waals surface area contributed by atoms with Gasteiger partial charge in [0.2, 0.25) is 5.91 Å². The fourth-order valence-corrected chi connectivity index (χ4v) is 3.83. The molecule has 0 radical (unpaired) electrons. The van der Waals surface area contributed by atoms with Crippen molar-refractivity contribution in [1.29, 1.82) is 0 Å². The minimum Gasteiger partial charge on any atom is -0.497 e. The zero-order valence-electron chi connectivity index (χ0n) is 16.6. The van der Waals surface area contributed by atoms with Crippen molar-refractivity contribution in [1.82, 2.24) is 9.80 Å². The maximum atomic E-state index is 13.1. The molecule has 8 heteroatoms. The van der Waals surface area contributed by atoms with Gasteiger partial charge in [0, 0.05) is 57.6 Å². The molecule has 2 aliphatic heterocycles. The first-order valence-electron chi connectivity index (χ1n) is 9.62. The average molecular weight is 391 g/mol. The Bertz CT molecular complexity index is 688. The lowest BCUT2D eigenvalue weighted by molar-refractivity contribution is -0.148. The molecule has 1 aromatic carbocycles. The molecule has 2 N–H and O–H groups in total. The molecule has 8 nitrogen and oxygen atoms in total. The quantitative estimate of drug-likeness (QED) is 0.796. The van der Waals surface area contributed by atoms with Crippen LogP contribution in [0.25, 0.3) is 0 Å². The van der Waals surface area contributed by atoms with E-state index in [0.717, 1.165) is 0 Å². The van der Waals surface area contributed by atoms with Crippen LogP contribution in [0.5, 0.6) is 11.5 Å². The highest BCUT2D eigenvalue weighted by Gasteiger charge is 2.42. The predicted octanol–water partition coefficient (Wildman–Crippen LogP) is 0.744. The van der Waals surface area contributed by atoms with E-state index in [1.165, 1.54) is 0 Å². The van der Waals surface area contributed by atoms with Crippen molar-refractivity contribution in [3.05, 3.63) is 23.8 Å². The number of piperazine rings is 1. The number of benzene rings is 1. The number of hydrogen-bond acceptors (Lipinski definition) is 6. The zero-order chi connectivity index (χ0) is 20.1. The molecule has 2 amide bonds. The zero-order valence-corrected chi connectivity index (χ0v) is 16.6. The summed E-state index contributed by atoms with van der Waals surface area (Å²) in [6.07, 6.45) is 1.32. The number of methoxy groups -OCH3 is 2. The van der Waals surface area contributed by atoms with Gasteiger partial charge in [-0.05, 0) is 25.0 Å². The summed E-state index contributed by atoms with van der Waals surface area (Å²) in [6, 6.07) is 5.13. The summed E-state index contributed by atoms with van der Waals surface area (Å²) in [7, 11) is 3.11. The molecule has 154 valence electrons. The van der Waals surface area contributed by atoms with Gasteiger partial charge in [0.05, 0.1) is 19.6 Å². The molecule has 0 saturated carbocycles. The van der Waals surface area contributed by atoms with Gasteiger partial charge in [0.1, 0.15) is 11.5 Å². The summed E-state index contributed by atoms with van der Waals surface area (Å²) in [5.74, 6) is 1.14. The van der Waals surface area contributed by atoms with Crippen LogP contribution >= 0.6 is 0 Å². The van der Waals surface area contributed by atoms with Gasteiger partial charge < -0.3 is 29.7 Å². The molecular weight excluding hydrogens is 362 g/mol. The van der Waals surface area contributed by atoms with E-state index in [2.05, 4.69) is 0 Å². The second-order valence-electron chi connectivity index (χ2n) is 7.28. The molecule has 28 heavy (non-hydrogen) atoms. The smallest absolute Gasteiger partial charge is 0.254 e. The SMILES string of the molecule is COc1cc(OC)cc(C(=O)N2CCN(C(=O)C3(CN)CCOCC3)CC2)c1. The van der Waals surface area contributed by atoms with E-state index in [4.69, 9.17) is 19.9 Å². The van der Waals surface area contributed by atoms with E-state index < -0.39 is 5.41 Å². The summed E-state index contributed by atoms with van der Waals surface area (Å²) in [5, 5.41) is 0.